The Morgan fingerprint density at radius 1 is 1.25 bits per heavy atom. The number of nitrogens with zero attached hydrogens (tertiary/aromatic N) is 4. The lowest BCUT2D eigenvalue weighted by atomic mass is 10.0. The summed E-state index contributed by atoms with van der Waals surface area (Å²) in [7, 11) is 1.80. The second-order valence-corrected chi connectivity index (χ2v) is 7.60. The topological polar surface area (TPSA) is 61.4 Å². The smallest absolute Gasteiger partial charge is 0.224 e. The van der Waals surface area contributed by atoms with Gasteiger partial charge in [-0.15, -0.1) is 0 Å². The van der Waals surface area contributed by atoms with E-state index in [0.717, 1.165) is 17.1 Å². The van der Waals surface area contributed by atoms with E-state index in [1.165, 1.54) is 12.1 Å². The number of halogens is 1. The van der Waals surface area contributed by atoms with Crippen molar-refractivity contribution < 1.29 is 9.18 Å². The molecule has 1 atom stereocenters. The summed E-state index contributed by atoms with van der Waals surface area (Å²) in [6.07, 6.45) is 0.419. The molecule has 2 aromatic rings. The molecule has 1 aromatic carbocycles. The minimum absolute atomic E-state index is 0.0355. The molecule has 1 aromatic heterocycles. The fraction of sp³-hybridized carbons (Fsp3) is 0.476. The van der Waals surface area contributed by atoms with E-state index in [0.29, 0.717) is 32.0 Å². The van der Waals surface area contributed by atoms with E-state index in [-0.39, 0.29) is 23.7 Å². The zero-order valence-corrected chi connectivity index (χ0v) is 16.9. The molecule has 1 aliphatic heterocycles. The molecule has 1 fully saturated rings. The van der Waals surface area contributed by atoms with Crippen LogP contribution >= 0.6 is 0 Å². The Labute approximate surface area is 165 Å². The fourth-order valence-corrected chi connectivity index (χ4v) is 3.57. The lowest BCUT2D eigenvalue weighted by Crippen LogP contribution is -2.46. The molecule has 1 amide bonds. The van der Waals surface area contributed by atoms with E-state index >= 15 is 0 Å². The highest BCUT2D eigenvalue weighted by molar-refractivity contribution is 5.78. The largest absolute Gasteiger partial charge is 0.357 e. The number of aryl methyl sites for hydroxylation is 1. The number of benzene rings is 1. The molecule has 150 valence electrons. The summed E-state index contributed by atoms with van der Waals surface area (Å²) in [4.78, 5) is 26.0. The summed E-state index contributed by atoms with van der Waals surface area (Å²) in [5, 5.41) is 2.99. The van der Waals surface area contributed by atoms with Crippen LogP contribution in [0.1, 0.15) is 31.5 Å². The van der Waals surface area contributed by atoms with Gasteiger partial charge in [-0.25, -0.2) is 9.37 Å². The number of hydrogen-bond acceptors (Lipinski definition) is 5. The summed E-state index contributed by atoms with van der Waals surface area (Å²) < 4.78 is 13.2. The molecular weight excluding hydrogens is 357 g/mol. The second kappa shape index (κ2) is 8.54. The Balaban J connectivity index is 1.87. The average molecular weight is 385 g/mol. The van der Waals surface area contributed by atoms with E-state index < -0.39 is 0 Å². The predicted octanol–water partition coefficient (Wildman–Crippen LogP) is 3.23. The number of anilines is 2. The van der Waals surface area contributed by atoms with E-state index in [4.69, 9.17) is 0 Å². The van der Waals surface area contributed by atoms with Gasteiger partial charge in [0, 0.05) is 44.9 Å². The van der Waals surface area contributed by atoms with Gasteiger partial charge in [0.2, 0.25) is 11.9 Å². The van der Waals surface area contributed by atoms with Gasteiger partial charge >= 0.3 is 0 Å². The summed E-state index contributed by atoms with van der Waals surface area (Å²) in [6, 6.07) is 8.37. The Bertz CT molecular complexity index is 824. The predicted molar refractivity (Wildman–Crippen MR) is 109 cm³/mol. The lowest BCUT2D eigenvalue weighted by Gasteiger charge is -2.35. The first kappa shape index (κ1) is 20.0. The molecular formula is C21H28FN5O. The van der Waals surface area contributed by atoms with Crippen molar-refractivity contribution in [3.63, 3.8) is 0 Å². The summed E-state index contributed by atoms with van der Waals surface area (Å²) in [5.74, 6) is 1.53. The first-order chi connectivity index (χ1) is 13.4. The minimum atomic E-state index is -0.267. The minimum Gasteiger partial charge on any atom is -0.357 e. The van der Waals surface area contributed by atoms with Gasteiger partial charge < -0.3 is 15.1 Å². The van der Waals surface area contributed by atoms with Crippen molar-refractivity contribution in [1.82, 2.24) is 14.9 Å². The molecule has 0 spiro atoms. The van der Waals surface area contributed by atoms with Crippen molar-refractivity contribution in [3.8, 4) is 0 Å². The highest BCUT2D eigenvalue weighted by Crippen LogP contribution is 2.24. The normalized spacial score (nSPS) is 17.8. The molecule has 0 unspecified atom stereocenters. The standard InChI is InChI=1S/C21H28FN5O/c1-14(2)18-13-26(19-11-15(3)24-21(23-4)25-19)10-9-20(28)27(18)12-16-5-7-17(22)8-6-16/h5-8,11,14,18H,9-10,12-13H2,1-4H3,(H,23,24,25)/t18-/m0/s1. The number of hydrogen-bond donors (Lipinski definition) is 1. The highest BCUT2D eigenvalue weighted by atomic mass is 19.1. The van der Waals surface area contributed by atoms with Crippen molar-refractivity contribution in [2.24, 2.45) is 5.92 Å². The first-order valence-electron chi connectivity index (χ1n) is 9.69. The van der Waals surface area contributed by atoms with Crippen LogP contribution in [0.2, 0.25) is 0 Å². The Kier molecular flexibility index (Phi) is 6.11. The van der Waals surface area contributed by atoms with E-state index in [1.807, 2.05) is 17.9 Å². The number of amides is 1. The Morgan fingerprint density at radius 3 is 2.61 bits per heavy atom. The van der Waals surface area contributed by atoms with Gasteiger partial charge in [-0.1, -0.05) is 26.0 Å². The average Bonchev–Trinajstić information content (AvgIpc) is 2.83. The van der Waals surface area contributed by atoms with Crippen LogP contribution in [-0.2, 0) is 11.3 Å². The summed E-state index contributed by atoms with van der Waals surface area (Å²) in [5.41, 5.74) is 1.82. The molecule has 1 N–H and O–H groups in total. The van der Waals surface area contributed by atoms with Gasteiger partial charge in [-0.3, -0.25) is 4.79 Å². The van der Waals surface area contributed by atoms with Crippen LogP contribution < -0.4 is 10.2 Å². The number of carbonyl (C=O) groups excluding carboxylic acids is 1. The Hall–Kier alpha value is -2.70. The van der Waals surface area contributed by atoms with E-state index in [1.54, 1.807) is 19.2 Å². The van der Waals surface area contributed by atoms with Crippen LogP contribution in [0.4, 0.5) is 16.2 Å². The number of carbonyl (C=O) groups is 1. The summed E-state index contributed by atoms with van der Waals surface area (Å²) in [6.45, 7) is 7.99. The monoisotopic (exact) mass is 385 g/mol. The molecule has 0 radical (unpaired) electrons. The van der Waals surface area contributed by atoms with Crippen LogP contribution in [-0.4, -0.2) is 47.0 Å². The maximum Gasteiger partial charge on any atom is 0.224 e. The molecule has 2 heterocycles. The molecule has 0 aliphatic carbocycles. The number of nitrogens with one attached hydrogen (secondary N) is 1. The third kappa shape index (κ3) is 4.58. The maximum atomic E-state index is 13.2. The molecule has 28 heavy (non-hydrogen) atoms. The van der Waals surface area contributed by atoms with Crippen molar-refractivity contribution in [2.45, 2.75) is 39.8 Å². The third-order valence-electron chi connectivity index (χ3n) is 5.15. The first-order valence-corrected chi connectivity index (χ1v) is 9.69. The van der Waals surface area contributed by atoms with Crippen LogP contribution in [0, 0.1) is 18.7 Å². The maximum absolute atomic E-state index is 13.2. The van der Waals surface area contributed by atoms with Crippen LogP contribution in [0.25, 0.3) is 0 Å². The Morgan fingerprint density at radius 2 is 1.96 bits per heavy atom. The van der Waals surface area contributed by atoms with Crippen LogP contribution in [0.15, 0.2) is 30.3 Å². The highest BCUT2D eigenvalue weighted by Gasteiger charge is 2.32. The van der Waals surface area contributed by atoms with E-state index in [2.05, 4.69) is 34.0 Å². The van der Waals surface area contributed by atoms with Crippen LogP contribution in [0.5, 0.6) is 0 Å². The fourth-order valence-electron chi connectivity index (χ4n) is 3.57. The molecule has 0 saturated carbocycles. The van der Waals surface area contributed by atoms with Crippen molar-refractivity contribution in [3.05, 3.63) is 47.4 Å². The molecule has 3 rings (SSSR count). The third-order valence-corrected chi connectivity index (χ3v) is 5.15. The van der Waals surface area contributed by atoms with Crippen molar-refractivity contribution in [1.29, 1.82) is 0 Å². The SMILES string of the molecule is CNc1nc(C)cc(N2CCC(=O)N(Cc3ccc(F)cc3)[C@H](C(C)C)C2)n1. The zero-order valence-electron chi connectivity index (χ0n) is 16.9. The molecule has 1 saturated heterocycles. The lowest BCUT2D eigenvalue weighted by molar-refractivity contribution is -0.134. The summed E-state index contributed by atoms with van der Waals surface area (Å²) >= 11 is 0. The zero-order chi connectivity index (χ0) is 20.3. The molecule has 6 nitrogen and oxygen atoms in total. The van der Waals surface area contributed by atoms with Gasteiger partial charge in [-0.05, 0) is 30.5 Å². The molecule has 1 aliphatic rings. The van der Waals surface area contributed by atoms with Crippen LogP contribution in [0.3, 0.4) is 0 Å². The van der Waals surface area contributed by atoms with Gasteiger partial charge in [0.25, 0.3) is 0 Å². The van der Waals surface area contributed by atoms with Gasteiger partial charge in [-0.2, -0.15) is 4.98 Å². The van der Waals surface area contributed by atoms with Crippen molar-refractivity contribution >= 4 is 17.7 Å². The van der Waals surface area contributed by atoms with Gasteiger partial charge in [0.15, 0.2) is 0 Å². The second-order valence-electron chi connectivity index (χ2n) is 7.60. The van der Waals surface area contributed by atoms with Gasteiger partial charge in [0.1, 0.15) is 11.6 Å². The quantitative estimate of drug-likeness (QED) is 0.856. The molecule has 0 bridgehead atoms. The molecule has 7 heteroatoms. The van der Waals surface area contributed by atoms with Crippen molar-refractivity contribution in [2.75, 3.05) is 30.4 Å². The number of aromatic nitrogens is 2. The number of rotatable bonds is 5. The van der Waals surface area contributed by atoms with E-state index in [9.17, 15) is 9.18 Å². The van der Waals surface area contributed by atoms with Gasteiger partial charge in [0.05, 0.1) is 6.04 Å².